The number of rotatable bonds is 6. The van der Waals surface area contributed by atoms with E-state index < -0.39 is 0 Å². The average molecular weight is 241 g/mol. The number of hydrogen-bond donors (Lipinski definition) is 1. The second kappa shape index (κ2) is 6.57. The van der Waals surface area contributed by atoms with Crippen LogP contribution in [-0.4, -0.2) is 19.3 Å². The van der Waals surface area contributed by atoms with Gasteiger partial charge in [0.05, 0.1) is 18.8 Å². The highest BCUT2D eigenvalue weighted by Crippen LogP contribution is 2.24. The standard InChI is InChI=1S/C13H20FNO2/c1-9(2)17-13-5-4-11(8-12(13)14)10(3)16-7-6-15/h4-5,8-10H,6-7,15H2,1-3H3. The van der Waals surface area contributed by atoms with Crippen molar-refractivity contribution in [3.05, 3.63) is 29.6 Å². The number of halogens is 1. The highest BCUT2D eigenvalue weighted by Gasteiger charge is 2.11. The summed E-state index contributed by atoms with van der Waals surface area (Å²) in [5.41, 5.74) is 6.13. The highest BCUT2D eigenvalue weighted by molar-refractivity contribution is 5.30. The molecule has 0 radical (unpaired) electrons. The van der Waals surface area contributed by atoms with Crippen LogP contribution in [0.4, 0.5) is 4.39 Å². The molecule has 0 aliphatic carbocycles. The highest BCUT2D eigenvalue weighted by atomic mass is 19.1. The summed E-state index contributed by atoms with van der Waals surface area (Å²) in [6.07, 6.45) is -0.206. The summed E-state index contributed by atoms with van der Waals surface area (Å²) >= 11 is 0. The normalized spacial score (nSPS) is 12.8. The van der Waals surface area contributed by atoms with Gasteiger partial charge in [0.15, 0.2) is 11.6 Å². The Balaban J connectivity index is 2.73. The maximum atomic E-state index is 13.7. The Labute approximate surface area is 102 Å². The summed E-state index contributed by atoms with van der Waals surface area (Å²) in [7, 11) is 0. The molecular weight excluding hydrogens is 221 g/mol. The molecule has 0 amide bonds. The minimum Gasteiger partial charge on any atom is -0.488 e. The lowest BCUT2D eigenvalue weighted by atomic mass is 10.1. The fourth-order valence-corrected chi connectivity index (χ4v) is 1.46. The summed E-state index contributed by atoms with van der Waals surface area (Å²) in [5, 5.41) is 0. The molecule has 0 bridgehead atoms. The molecule has 3 nitrogen and oxygen atoms in total. The van der Waals surface area contributed by atoms with Crippen molar-refractivity contribution < 1.29 is 13.9 Å². The lowest BCUT2D eigenvalue weighted by molar-refractivity contribution is 0.0715. The minimum atomic E-state index is -0.362. The van der Waals surface area contributed by atoms with Crippen LogP contribution in [0.25, 0.3) is 0 Å². The Morgan fingerprint density at radius 1 is 1.29 bits per heavy atom. The van der Waals surface area contributed by atoms with Gasteiger partial charge in [-0.2, -0.15) is 0 Å². The van der Waals surface area contributed by atoms with Gasteiger partial charge in [0.25, 0.3) is 0 Å². The van der Waals surface area contributed by atoms with Crippen LogP contribution < -0.4 is 10.5 Å². The van der Waals surface area contributed by atoms with Crippen LogP contribution in [0, 0.1) is 5.82 Å². The molecular formula is C13H20FNO2. The molecule has 1 aromatic rings. The largest absolute Gasteiger partial charge is 0.488 e. The van der Waals surface area contributed by atoms with E-state index in [0.29, 0.717) is 13.2 Å². The predicted molar refractivity (Wildman–Crippen MR) is 65.6 cm³/mol. The molecule has 96 valence electrons. The van der Waals surface area contributed by atoms with Crippen molar-refractivity contribution in [2.24, 2.45) is 5.73 Å². The van der Waals surface area contributed by atoms with Gasteiger partial charge in [-0.25, -0.2) is 4.39 Å². The quantitative estimate of drug-likeness (QED) is 0.832. The van der Waals surface area contributed by atoms with Crippen LogP contribution in [0.1, 0.15) is 32.4 Å². The van der Waals surface area contributed by atoms with E-state index in [-0.39, 0.29) is 23.8 Å². The zero-order chi connectivity index (χ0) is 12.8. The first-order valence-corrected chi connectivity index (χ1v) is 5.82. The van der Waals surface area contributed by atoms with E-state index in [9.17, 15) is 4.39 Å². The van der Waals surface area contributed by atoms with Gasteiger partial charge in [-0.3, -0.25) is 0 Å². The van der Waals surface area contributed by atoms with E-state index in [2.05, 4.69) is 0 Å². The smallest absolute Gasteiger partial charge is 0.165 e. The molecule has 1 rings (SSSR count). The number of hydrogen-bond acceptors (Lipinski definition) is 3. The Kier molecular flexibility index (Phi) is 5.38. The van der Waals surface area contributed by atoms with Crippen molar-refractivity contribution in [1.29, 1.82) is 0 Å². The molecule has 1 unspecified atom stereocenters. The van der Waals surface area contributed by atoms with Crippen molar-refractivity contribution in [1.82, 2.24) is 0 Å². The van der Waals surface area contributed by atoms with E-state index in [4.69, 9.17) is 15.2 Å². The third kappa shape index (κ3) is 4.32. The Morgan fingerprint density at radius 2 is 2.00 bits per heavy atom. The molecule has 1 aromatic carbocycles. The van der Waals surface area contributed by atoms with E-state index in [0.717, 1.165) is 5.56 Å². The van der Waals surface area contributed by atoms with Crippen molar-refractivity contribution in [2.75, 3.05) is 13.2 Å². The molecule has 0 aliphatic heterocycles. The molecule has 4 heteroatoms. The monoisotopic (exact) mass is 241 g/mol. The van der Waals surface area contributed by atoms with Crippen LogP contribution in [0.3, 0.4) is 0 Å². The first-order chi connectivity index (χ1) is 8.04. The summed E-state index contributed by atoms with van der Waals surface area (Å²) in [6, 6.07) is 4.88. The zero-order valence-corrected chi connectivity index (χ0v) is 10.6. The second-order valence-corrected chi connectivity index (χ2v) is 4.16. The summed E-state index contributed by atoms with van der Waals surface area (Å²) in [5.74, 6) is -0.0887. The van der Waals surface area contributed by atoms with Gasteiger partial charge in [-0.1, -0.05) is 6.07 Å². The van der Waals surface area contributed by atoms with Crippen LogP contribution >= 0.6 is 0 Å². The van der Waals surface area contributed by atoms with E-state index >= 15 is 0 Å². The van der Waals surface area contributed by atoms with E-state index in [1.54, 1.807) is 6.07 Å². The maximum Gasteiger partial charge on any atom is 0.165 e. The van der Waals surface area contributed by atoms with Gasteiger partial charge in [0, 0.05) is 6.54 Å². The van der Waals surface area contributed by atoms with Gasteiger partial charge in [0.1, 0.15) is 0 Å². The fourth-order valence-electron chi connectivity index (χ4n) is 1.46. The second-order valence-electron chi connectivity index (χ2n) is 4.16. The predicted octanol–water partition coefficient (Wildman–Crippen LogP) is 2.65. The first kappa shape index (κ1) is 13.9. The molecule has 0 fully saturated rings. The summed E-state index contributed by atoms with van der Waals surface area (Å²) in [4.78, 5) is 0. The van der Waals surface area contributed by atoms with Crippen molar-refractivity contribution in [3.8, 4) is 5.75 Å². The SMILES string of the molecule is CC(C)Oc1ccc(C(C)OCCN)cc1F. The zero-order valence-electron chi connectivity index (χ0n) is 10.6. The molecule has 0 saturated heterocycles. The van der Waals surface area contributed by atoms with Gasteiger partial charge in [-0.05, 0) is 38.5 Å². The van der Waals surface area contributed by atoms with E-state index in [1.165, 1.54) is 6.07 Å². The molecule has 0 saturated carbocycles. The lowest BCUT2D eigenvalue weighted by Crippen LogP contribution is -2.11. The Bertz CT molecular complexity index is 355. The lowest BCUT2D eigenvalue weighted by Gasteiger charge is -2.15. The fraction of sp³-hybridized carbons (Fsp3) is 0.538. The average Bonchev–Trinajstić information content (AvgIpc) is 2.28. The maximum absolute atomic E-state index is 13.7. The molecule has 0 heterocycles. The Morgan fingerprint density at radius 3 is 2.53 bits per heavy atom. The molecule has 2 N–H and O–H groups in total. The Hall–Kier alpha value is -1.13. The third-order valence-electron chi connectivity index (χ3n) is 2.27. The van der Waals surface area contributed by atoms with Crippen molar-refractivity contribution in [2.45, 2.75) is 33.0 Å². The molecule has 17 heavy (non-hydrogen) atoms. The molecule has 0 spiro atoms. The van der Waals surface area contributed by atoms with Crippen LogP contribution in [0.15, 0.2) is 18.2 Å². The van der Waals surface area contributed by atoms with Crippen LogP contribution in [0.2, 0.25) is 0 Å². The first-order valence-electron chi connectivity index (χ1n) is 5.82. The van der Waals surface area contributed by atoms with Crippen LogP contribution in [-0.2, 0) is 4.74 Å². The molecule has 1 atom stereocenters. The number of ether oxygens (including phenoxy) is 2. The van der Waals surface area contributed by atoms with Gasteiger partial charge >= 0.3 is 0 Å². The summed E-state index contributed by atoms with van der Waals surface area (Å²) in [6.45, 7) is 6.52. The van der Waals surface area contributed by atoms with Crippen molar-refractivity contribution >= 4 is 0 Å². The third-order valence-corrected chi connectivity index (χ3v) is 2.27. The van der Waals surface area contributed by atoms with Crippen LogP contribution in [0.5, 0.6) is 5.75 Å². The minimum absolute atomic E-state index is 0.0405. The summed E-state index contributed by atoms with van der Waals surface area (Å²) < 4.78 is 24.4. The number of benzene rings is 1. The van der Waals surface area contributed by atoms with Gasteiger partial charge in [-0.15, -0.1) is 0 Å². The molecule has 0 aromatic heterocycles. The van der Waals surface area contributed by atoms with Gasteiger partial charge < -0.3 is 15.2 Å². The topological polar surface area (TPSA) is 44.5 Å². The van der Waals surface area contributed by atoms with Gasteiger partial charge in [0.2, 0.25) is 0 Å². The molecule has 0 aliphatic rings. The van der Waals surface area contributed by atoms with Crippen molar-refractivity contribution in [3.63, 3.8) is 0 Å². The van der Waals surface area contributed by atoms with E-state index in [1.807, 2.05) is 26.8 Å². The number of nitrogens with two attached hydrogens (primary N) is 1.